The molecule has 8 heteroatoms. The van der Waals surface area contributed by atoms with Gasteiger partial charge in [-0.15, -0.1) is 5.10 Å². The minimum Gasteiger partial charge on any atom is -0.372 e. The van der Waals surface area contributed by atoms with Gasteiger partial charge in [-0.25, -0.2) is 9.07 Å². The first kappa shape index (κ1) is 17.5. The van der Waals surface area contributed by atoms with E-state index in [9.17, 15) is 9.18 Å². The van der Waals surface area contributed by atoms with Crippen LogP contribution in [0.4, 0.5) is 4.39 Å². The molecule has 0 aliphatic carbocycles. The summed E-state index contributed by atoms with van der Waals surface area (Å²) in [4.78, 5) is 15.0. The third-order valence-electron chi connectivity index (χ3n) is 4.29. The van der Waals surface area contributed by atoms with Crippen LogP contribution in [0.2, 0.25) is 0 Å². The number of benzene rings is 1. The maximum atomic E-state index is 13.5. The molecule has 1 saturated heterocycles. The molecule has 3 atom stereocenters. The zero-order valence-electron chi connectivity index (χ0n) is 14.6. The molecule has 1 aliphatic rings. The van der Waals surface area contributed by atoms with Crippen LogP contribution < -0.4 is 0 Å². The van der Waals surface area contributed by atoms with Crippen LogP contribution in [0.25, 0.3) is 0 Å². The van der Waals surface area contributed by atoms with Gasteiger partial charge in [0.2, 0.25) is 5.91 Å². The van der Waals surface area contributed by atoms with Crippen LogP contribution in [0.15, 0.2) is 24.3 Å². The highest BCUT2D eigenvalue weighted by atomic mass is 19.1. The summed E-state index contributed by atoms with van der Waals surface area (Å²) < 4.78 is 20.8. The van der Waals surface area contributed by atoms with Gasteiger partial charge in [-0.05, 0) is 48.9 Å². The lowest BCUT2D eigenvalue weighted by Gasteiger charge is -2.37. The Hall–Kier alpha value is -2.35. The lowest BCUT2D eigenvalue weighted by Crippen LogP contribution is -2.50. The fourth-order valence-electron chi connectivity index (χ4n) is 3.26. The van der Waals surface area contributed by atoms with E-state index in [0.29, 0.717) is 25.3 Å². The van der Waals surface area contributed by atoms with Crippen LogP contribution in [0, 0.1) is 12.7 Å². The quantitative estimate of drug-likeness (QED) is 0.839. The molecule has 0 saturated carbocycles. The van der Waals surface area contributed by atoms with Crippen molar-refractivity contribution in [2.75, 3.05) is 13.1 Å². The summed E-state index contributed by atoms with van der Waals surface area (Å²) in [6.07, 6.45) is 0.262. The van der Waals surface area contributed by atoms with Crippen LogP contribution in [0.3, 0.4) is 0 Å². The first-order valence-electron chi connectivity index (χ1n) is 8.37. The van der Waals surface area contributed by atoms with Crippen molar-refractivity contribution in [3.63, 3.8) is 0 Å². The number of amides is 1. The maximum absolute atomic E-state index is 13.5. The molecule has 1 aromatic heterocycles. The molecule has 134 valence electrons. The standard InChI is InChI=1S/C17H22FN5O2/c1-11-9-22(10-12(2)25-11)17(24)16(23-13(3)19-20-21-23)8-14-5-4-6-15(18)7-14/h4-7,11-12,16H,8-10H2,1-3H3. The second kappa shape index (κ2) is 7.26. The Morgan fingerprint density at radius 3 is 2.68 bits per heavy atom. The summed E-state index contributed by atoms with van der Waals surface area (Å²) in [7, 11) is 0. The Morgan fingerprint density at radius 2 is 2.08 bits per heavy atom. The highest BCUT2D eigenvalue weighted by Gasteiger charge is 2.33. The van der Waals surface area contributed by atoms with E-state index in [0.717, 1.165) is 5.56 Å². The Morgan fingerprint density at radius 1 is 1.36 bits per heavy atom. The van der Waals surface area contributed by atoms with E-state index in [1.807, 2.05) is 13.8 Å². The Bertz CT molecular complexity index is 740. The first-order chi connectivity index (χ1) is 11.9. The molecule has 2 heterocycles. The molecule has 1 aliphatic heterocycles. The van der Waals surface area contributed by atoms with Crippen LogP contribution >= 0.6 is 0 Å². The summed E-state index contributed by atoms with van der Waals surface area (Å²) in [5.74, 6) is 0.136. The van der Waals surface area contributed by atoms with E-state index in [1.54, 1.807) is 24.0 Å². The second-order valence-electron chi connectivity index (χ2n) is 6.52. The lowest BCUT2D eigenvalue weighted by atomic mass is 10.0. The molecule has 0 N–H and O–H groups in total. The third kappa shape index (κ3) is 4.01. The largest absolute Gasteiger partial charge is 0.372 e. The highest BCUT2D eigenvalue weighted by Crippen LogP contribution is 2.21. The number of carbonyl (C=O) groups excluding carboxylic acids is 1. The van der Waals surface area contributed by atoms with Crippen molar-refractivity contribution >= 4 is 5.91 Å². The number of hydrogen-bond donors (Lipinski definition) is 0. The molecule has 0 radical (unpaired) electrons. The van der Waals surface area contributed by atoms with E-state index in [4.69, 9.17) is 4.74 Å². The van der Waals surface area contributed by atoms with Gasteiger partial charge >= 0.3 is 0 Å². The van der Waals surface area contributed by atoms with Crippen molar-refractivity contribution in [1.82, 2.24) is 25.1 Å². The first-order valence-corrected chi connectivity index (χ1v) is 8.37. The second-order valence-corrected chi connectivity index (χ2v) is 6.52. The smallest absolute Gasteiger partial charge is 0.248 e. The molecular formula is C17H22FN5O2. The number of aromatic nitrogens is 4. The number of aryl methyl sites for hydroxylation is 1. The summed E-state index contributed by atoms with van der Waals surface area (Å²) in [5, 5.41) is 11.5. The van der Waals surface area contributed by atoms with E-state index >= 15 is 0 Å². The van der Waals surface area contributed by atoms with Gasteiger partial charge in [-0.3, -0.25) is 4.79 Å². The van der Waals surface area contributed by atoms with E-state index < -0.39 is 6.04 Å². The predicted octanol–water partition coefficient (Wildman–Crippen LogP) is 1.54. The number of ether oxygens (including phenoxy) is 1. The number of morpholine rings is 1. The molecule has 3 unspecified atom stereocenters. The monoisotopic (exact) mass is 347 g/mol. The molecule has 1 aromatic carbocycles. The molecular weight excluding hydrogens is 325 g/mol. The Labute approximate surface area is 145 Å². The van der Waals surface area contributed by atoms with Crippen LogP contribution in [0.5, 0.6) is 0 Å². The molecule has 25 heavy (non-hydrogen) atoms. The van der Waals surface area contributed by atoms with Gasteiger partial charge in [0.15, 0.2) is 0 Å². The van der Waals surface area contributed by atoms with Crippen molar-refractivity contribution in [3.8, 4) is 0 Å². The fraction of sp³-hybridized carbons (Fsp3) is 0.529. The van der Waals surface area contributed by atoms with Crippen LogP contribution in [-0.2, 0) is 16.0 Å². The van der Waals surface area contributed by atoms with Crippen molar-refractivity contribution in [2.24, 2.45) is 0 Å². The number of carbonyl (C=O) groups is 1. The number of tetrazole rings is 1. The molecule has 0 spiro atoms. The van der Waals surface area contributed by atoms with Crippen molar-refractivity contribution in [2.45, 2.75) is 45.4 Å². The summed E-state index contributed by atoms with van der Waals surface area (Å²) in [6, 6.07) is 5.64. The predicted molar refractivity (Wildman–Crippen MR) is 88.3 cm³/mol. The molecule has 7 nitrogen and oxygen atoms in total. The van der Waals surface area contributed by atoms with Crippen molar-refractivity contribution in [1.29, 1.82) is 0 Å². The molecule has 1 fully saturated rings. The fourth-order valence-corrected chi connectivity index (χ4v) is 3.26. The molecule has 0 bridgehead atoms. The summed E-state index contributed by atoms with van der Waals surface area (Å²) in [6.45, 7) is 6.67. The normalized spacial score (nSPS) is 22.0. The number of halogens is 1. The summed E-state index contributed by atoms with van der Waals surface area (Å²) >= 11 is 0. The van der Waals surface area contributed by atoms with Crippen LogP contribution in [0.1, 0.15) is 31.3 Å². The average Bonchev–Trinajstić information content (AvgIpc) is 2.97. The van der Waals surface area contributed by atoms with Gasteiger partial charge in [-0.1, -0.05) is 12.1 Å². The number of nitrogens with zero attached hydrogens (tertiary/aromatic N) is 5. The zero-order valence-corrected chi connectivity index (χ0v) is 14.6. The van der Waals surface area contributed by atoms with E-state index in [-0.39, 0.29) is 23.9 Å². The van der Waals surface area contributed by atoms with E-state index in [1.165, 1.54) is 16.8 Å². The topological polar surface area (TPSA) is 73.1 Å². The van der Waals surface area contributed by atoms with E-state index in [2.05, 4.69) is 15.5 Å². The Kier molecular flexibility index (Phi) is 5.08. The van der Waals surface area contributed by atoms with Gasteiger partial charge in [0.1, 0.15) is 17.7 Å². The van der Waals surface area contributed by atoms with Crippen LogP contribution in [-0.4, -0.2) is 56.3 Å². The van der Waals surface area contributed by atoms with Crippen molar-refractivity contribution in [3.05, 3.63) is 41.5 Å². The Balaban J connectivity index is 1.88. The van der Waals surface area contributed by atoms with Gasteiger partial charge in [0.05, 0.1) is 12.2 Å². The molecule has 2 aromatic rings. The molecule has 3 rings (SSSR count). The van der Waals surface area contributed by atoms with Gasteiger partial charge < -0.3 is 9.64 Å². The van der Waals surface area contributed by atoms with Gasteiger partial charge in [-0.2, -0.15) is 0 Å². The number of rotatable bonds is 4. The zero-order chi connectivity index (χ0) is 18.0. The summed E-state index contributed by atoms with van der Waals surface area (Å²) in [5.41, 5.74) is 0.725. The maximum Gasteiger partial charge on any atom is 0.248 e. The SMILES string of the molecule is Cc1nnnn1C(Cc1cccc(F)c1)C(=O)N1CC(C)OC(C)C1. The third-order valence-corrected chi connectivity index (χ3v) is 4.29. The minimum absolute atomic E-state index is 0.0301. The molecule has 1 amide bonds. The highest BCUT2D eigenvalue weighted by molar-refractivity contribution is 5.81. The van der Waals surface area contributed by atoms with Gasteiger partial charge in [0.25, 0.3) is 0 Å². The van der Waals surface area contributed by atoms with Crippen molar-refractivity contribution < 1.29 is 13.9 Å². The average molecular weight is 347 g/mol. The lowest BCUT2D eigenvalue weighted by molar-refractivity contribution is -0.147. The van der Waals surface area contributed by atoms with Gasteiger partial charge in [0, 0.05) is 19.5 Å². The minimum atomic E-state index is -0.616. The number of hydrogen-bond acceptors (Lipinski definition) is 5.